The fourth-order valence-corrected chi connectivity index (χ4v) is 10.4. The number of aryl methyl sites for hydroxylation is 2. The first-order chi connectivity index (χ1) is 22.7. The maximum atomic E-state index is 15.8. The molecule has 0 radical (unpaired) electrons. The Hall–Kier alpha value is -4.18. The topological polar surface area (TPSA) is 80.5 Å². The van der Waals surface area contributed by atoms with Crippen molar-refractivity contribution in [2.45, 2.75) is 69.5 Å². The van der Waals surface area contributed by atoms with E-state index in [0.717, 1.165) is 57.4 Å². The summed E-state index contributed by atoms with van der Waals surface area (Å²) in [6, 6.07) is 29.9. The van der Waals surface area contributed by atoms with Crippen LogP contribution >= 0.6 is 0 Å². The van der Waals surface area contributed by atoms with Gasteiger partial charge in [-0.3, -0.25) is 14.4 Å². The van der Waals surface area contributed by atoms with E-state index in [1.54, 1.807) is 22.7 Å². The lowest BCUT2D eigenvalue weighted by Gasteiger charge is -2.28. The highest BCUT2D eigenvalue weighted by Gasteiger charge is 2.50. The zero-order valence-electron chi connectivity index (χ0n) is 27.1. The van der Waals surface area contributed by atoms with Gasteiger partial charge in [0.1, 0.15) is 0 Å². The van der Waals surface area contributed by atoms with Gasteiger partial charge in [-0.25, -0.2) is 0 Å². The van der Waals surface area contributed by atoms with Crippen LogP contribution in [-0.2, 0) is 17.7 Å². The number of amides is 1. The van der Waals surface area contributed by atoms with Crippen LogP contribution < -0.4 is 4.90 Å². The first-order valence-corrected chi connectivity index (χ1v) is 19.5. The van der Waals surface area contributed by atoms with E-state index in [2.05, 4.69) is 29.4 Å². The predicted octanol–water partition coefficient (Wildman–Crippen LogP) is 7.82. The zero-order chi connectivity index (χ0) is 32.7. The standard InChI is InChI=1S/C38H41FN4O3Si/c1-25-34(20-17-26-15-18-29(19-16-26)43-33-14-8-12-28-11-7-13-30(36(28)33)38(43)45)46-35(37(25)47(2,3)39)21-22-42-23-32(40-41-42)31(24-44)27-9-5-4-6-10-27/h4-16,18-19,23,25,31,34-35,37,44H,17,20-22,24H2,1-3H3/t25-,31?,34+,35-,37+/m1/s1. The van der Waals surface area contributed by atoms with Gasteiger partial charge in [0.05, 0.1) is 41.7 Å². The van der Waals surface area contributed by atoms with Crippen molar-refractivity contribution in [3.05, 3.63) is 120 Å². The number of carbonyl (C=O) groups excluding carboxylic acids is 1. The second-order valence-electron chi connectivity index (χ2n) is 13.5. The second kappa shape index (κ2) is 12.8. The fourth-order valence-electron chi connectivity index (χ4n) is 7.84. The van der Waals surface area contributed by atoms with E-state index in [1.165, 1.54) is 0 Å². The summed E-state index contributed by atoms with van der Waals surface area (Å²) in [6.07, 6.45) is 3.91. The molecule has 0 saturated carbocycles. The lowest BCUT2D eigenvalue weighted by atomic mass is 9.95. The molecular formula is C38H41FN4O3Si. The number of anilines is 2. The molecule has 1 amide bonds. The highest BCUT2D eigenvalue weighted by molar-refractivity contribution is 6.72. The third kappa shape index (κ3) is 6.03. The molecule has 1 fully saturated rings. The lowest BCUT2D eigenvalue weighted by molar-refractivity contribution is 0.0247. The van der Waals surface area contributed by atoms with Crippen molar-refractivity contribution in [2.75, 3.05) is 11.5 Å². The molecule has 0 bridgehead atoms. The summed E-state index contributed by atoms with van der Waals surface area (Å²) in [7, 11) is -3.02. The van der Waals surface area contributed by atoms with Gasteiger partial charge < -0.3 is 14.0 Å². The molecule has 5 atom stereocenters. The Morgan fingerprint density at radius 3 is 2.40 bits per heavy atom. The number of ether oxygens (including phenoxy) is 1. The molecule has 7 rings (SSSR count). The zero-order valence-corrected chi connectivity index (χ0v) is 28.1. The van der Waals surface area contributed by atoms with Gasteiger partial charge in [-0.2, -0.15) is 0 Å². The minimum Gasteiger partial charge on any atom is -0.395 e. The van der Waals surface area contributed by atoms with Crippen LogP contribution in [0.4, 0.5) is 15.5 Å². The minimum absolute atomic E-state index is 0.000608. The van der Waals surface area contributed by atoms with Gasteiger partial charge in [0.25, 0.3) is 5.91 Å². The molecule has 242 valence electrons. The molecular weight excluding hydrogens is 608 g/mol. The van der Waals surface area contributed by atoms with Crippen LogP contribution in [0.25, 0.3) is 10.8 Å². The minimum atomic E-state index is -3.02. The molecule has 1 saturated heterocycles. The van der Waals surface area contributed by atoms with Crippen LogP contribution in [0.5, 0.6) is 0 Å². The molecule has 4 aromatic carbocycles. The highest BCUT2D eigenvalue weighted by atomic mass is 28.4. The van der Waals surface area contributed by atoms with Gasteiger partial charge in [0, 0.05) is 29.4 Å². The van der Waals surface area contributed by atoms with Crippen molar-refractivity contribution in [1.82, 2.24) is 15.0 Å². The van der Waals surface area contributed by atoms with Crippen molar-refractivity contribution in [3.63, 3.8) is 0 Å². The summed E-state index contributed by atoms with van der Waals surface area (Å²) in [6.45, 7) is 6.25. The molecule has 1 unspecified atom stereocenters. The number of aliphatic hydroxyl groups is 1. The summed E-state index contributed by atoms with van der Waals surface area (Å²) < 4.78 is 24.2. The van der Waals surface area contributed by atoms with Gasteiger partial charge in [0.2, 0.25) is 8.41 Å². The van der Waals surface area contributed by atoms with Gasteiger partial charge in [-0.15, -0.1) is 5.10 Å². The molecule has 7 nitrogen and oxygen atoms in total. The molecule has 1 aromatic heterocycles. The van der Waals surface area contributed by atoms with E-state index in [9.17, 15) is 9.90 Å². The number of aromatic nitrogens is 3. The van der Waals surface area contributed by atoms with Gasteiger partial charge in [0.15, 0.2) is 0 Å². The Bertz CT molecular complexity index is 1870. The molecule has 9 heteroatoms. The summed E-state index contributed by atoms with van der Waals surface area (Å²) in [4.78, 5) is 15.2. The summed E-state index contributed by atoms with van der Waals surface area (Å²) in [5, 5.41) is 20.8. The number of hydrogen-bond acceptors (Lipinski definition) is 5. The van der Waals surface area contributed by atoms with Gasteiger partial charge in [-0.05, 0) is 79.1 Å². The summed E-state index contributed by atoms with van der Waals surface area (Å²) in [5.74, 6) is -0.132. The smallest absolute Gasteiger partial charge is 0.263 e. The largest absolute Gasteiger partial charge is 0.395 e. The molecule has 2 aliphatic rings. The molecule has 47 heavy (non-hydrogen) atoms. The summed E-state index contributed by atoms with van der Waals surface area (Å²) >= 11 is 0. The third-order valence-electron chi connectivity index (χ3n) is 10.1. The Morgan fingerprint density at radius 1 is 0.936 bits per heavy atom. The van der Waals surface area contributed by atoms with Crippen molar-refractivity contribution in [1.29, 1.82) is 0 Å². The maximum absolute atomic E-state index is 15.8. The molecule has 0 aliphatic carbocycles. The quantitative estimate of drug-likeness (QED) is 0.117. The van der Waals surface area contributed by atoms with Crippen LogP contribution in [0, 0.1) is 5.92 Å². The second-order valence-corrected chi connectivity index (χ2v) is 17.3. The number of aliphatic hydroxyl groups excluding tert-OH is 1. The van der Waals surface area contributed by atoms with Crippen LogP contribution in [0.1, 0.15) is 52.9 Å². The molecule has 2 aliphatic heterocycles. The number of nitrogens with zero attached hydrogens (tertiary/aromatic N) is 4. The van der Waals surface area contributed by atoms with E-state index in [1.807, 2.05) is 85.1 Å². The van der Waals surface area contributed by atoms with Gasteiger partial charge >= 0.3 is 0 Å². The monoisotopic (exact) mass is 648 g/mol. The van der Waals surface area contributed by atoms with E-state index in [0.29, 0.717) is 13.0 Å². The molecule has 1 N–H and O–H groups in total. The number of rotatable bonds is 11. The van der Waals surface area contributed by atoms with E-state index < -0.39 is 8.41 Å². The van der Waals surface area contributed by atoms with Crippen molar-refractivity contribution in [2.24, 2.45) is 5.92 Å². The number of hydrogen-bond donors (Lipinski definition) is 1. The van der Waals surface area contributed by atoms with Crippen LogP contribution in [0.15, 0.2) is 97.2 Å². The first-order valence-electron chi connectivity index (χ1n) is 16.6. The van der Waals surface area contributed by atoms with Crippen molar-refractivity contribution >= 4 is 36.5 Å². The Balaban J connectivity index is 0.997. The van der Waals surface area contributed by atoms with Crippen LogP contribution in [0.2, 0.25) is 18.6 Å². The predicted molar refractivity (Wildman–Crippen MR) is 185 cm³/mol. The highest BCUT2D eigenvalue weighted by Crippen LogP contribution is 2.47. The number of carbonyl (C=O) groups is 1. The normalized spacial score (nSPS) is 21.6. The van der Waals surface area contributed by atoms with Crippen LogP contribution in [0.3, 0.4) is 0 Å². The van der Waals surface area contributed by atoms with Crippen molar-refractivity contribution < 1.29 is 18.7 Å². The SMILES string of the molecule is C[C@H]1[C@H]([Si](C)(C)F)[C@@H](CCn2cc(C(CO)c3ccccc3)nn2)O[C@H]1CCc1ccc(N2C(=O)c3cccc4cccc2c34)cc1. The Morgan fingerprint density at radius 2 is 1.68 bits per heavy atom. The van der Waals surface area contributed by atoms with E-state index in [4.69, 9.17) is 4.74 Å². The van der Waals surface area contributed by atoms with E-state index >= 15 is 4.11 Å². The first kappa shape index (κ1) is 31.4. The third-order valence-corrected chi connectivity index (χ3v) is 12.6. The average Bonchev–Trinajstić information content (AvgIpc) is 3.75. The van der Waals surface area contributed by atoms with Gasteiger partial charge in [-0.1, -0.05) is 78.9 Å². The average molecular weight is 649 g/mol. The van der Waals surface area contributed by atoms with Crippen LogP contribution in [-0.4, -0.2) is 53.2 Å². The summed E-state index contributed by atoms with van der Waals surface area (Å²) in [5.41, 5.74) is 5.27. The number of benzene rings is 4. The number of halogens is 1. The lowest BCUT2D eigenvalue weighted by Crippen LogP contribution is -2.36. The van der Waals surface area contributed by atoms with Crippen molar-refractivity contribution in [3.8, 4) is 0 Å². The molecule has 5 aromatic rings. The molecule has 3 heterocycles. The fraction of sp³-hybridized carbons (Fsp3) is 0.342. The molecule has 0 spiro atoms. The Kier molecular flexibility index (Phi) is 8.55. The Labute approximate surface area is 276 Å². The van der Waals surface area contributed by atoms with E-state index in [-0.39, 0.29) is 42.1 Å². The maximum Gasteiger partial charge on any atom is 0.263 e.